The number of hydrogen-bond donors (Lipinski definition) is 1. The van der Waals surface area contributed by atoms with Gasteiger partial charge in [0.05, 0.1) is 25.0 Å². The Bertz CT molecular complexity index is 1040. The van der Waals surface area contributed by atoms with E-state index in [-0.39, 0.29) is 17.9 Å². The molecule has 4 rings (SSSR count). The summed E-state index contributed by atoms with van der Waals surface area (Å²) in [6, 6.07) is 13.1. The topological polar surface area (TPSA) is 80.0 Å². The van der Waals surface area contributed by atoms with Crippen LogP contribution in [-0.4, -0.2) is 28.3 Å². The number of carbonyl (C=O) groups is 2. The summed E-state index contributed by atoms with van der Waals surface area (Å²) in [5.41, 5.74) is 0.449. The fourth-order valence-corrected chi connectivity index (χ4v) is 4.09. The first kappa shape index (κ1) is 19.0. The lowest BCUT2D eigenvalue weighted by molar-refractivity contribution is -0.140. The van der Waals surface area contributed by atoms with Gasteiger partial charge in [-0.3, -0.25) is 9.59 Å². The fourth-order valence-electron chi connectivity index (χ4n) is 3.39. The first-order valence-corrected chi connectivity index (χ1v) is 10.1. The SMILES string of the molecule is CCOc1ccc(/C(O)=C2\C(=O)C(=O)N(Cc3cccs3)C2c2ccco2)cc1. The van der Waals surface area contributed by atoms with E-state index in [0.29, 0.717) is 23.7 Å². The van der Waals surface area contributed by atoms with E-state index in [1.165, 1.54) is 22.5 Å². The highest BCUT2D eigenvalue weighted by molar-refractivity contribution is 7.09. The maximum Gasteiger partial charge on any atom is 0.296 e. The zero-order chi connectivity index (χ0) is 20.4. The quantitative estimate of drug-likeness (QED) is 0.372. The summed E-state index contributed by atoms with van der Waals surface area (Å²) in [5.74, 6) is -0.541. The molecule has 1 unspecified atom stereocenters. The van der Waals surface area contributed by atoms with Gasteiger partial charge >= 0.3 is 0 Å². The first-order valence-electron chi connectivity index (χ1n) is 9.17. The summed E-state index contributed by atoms with van der Waals surface area (Å²) in [6.07, 6.45) is 1.48. The summed E-state index contributed by atoms with van der Waals surface area (Å²) in [4.78, 5) is 28.0. The molecule has 1 fully saturated rings. The highest BCUT2D eigenvalue weighted by Gasteiger charge is 2.47. The van der Waals surface area contributed by atoms with E-state index in [1.54, 1.807) is 36.4 Å². The van der Waals surface area contributed by atoms with Crippen molar-refractivity contribution < 1.29 is 23.8 Å². The number of furan rings is 1. The smallest absolute Gasteiger partial charge is 0.296 e. The number of likely N-dealkylation sites (tertiary alicyclic amines) is 1. The molecule has 2 aromatic heterocycles. The van der Waals surface area contributed by atoms with Gasteiger partial charge < -0.3 is 19.2 Å². The van der Waals surface area contributed by atoms with Crippen LogP contribution in [0.5, 0.6) is 5.75 Å². The molecular weight excluding hydrogens is 390 g/mol. The number of carbonyl (C=O) groups excluding carboxylic acids is 2. The second-order valence-corrected chi connectivity index (χ2v) is 7.51. The summed E-state index contributed by atoms with van der Waals surface area (Å²) in [5, 5.41) is 12.9. The molecular formula is C22H19NO5S. The molecule has 7 heteroatoms. The zero-order valence-corrected chi connectivity index (χ0v) is 16.5. The summed E-state index contributed by atoms with van der Waals surface area (Å²) in [7, 11) is 0. The minimum absolute atomic E-state index is 0.0191. The van der Waals surface area contributed by atoms with Gasteiger partial charge in [0.2, 0.25) is 0 Å². The van der Waals surface area contributed by atoms with Crippen LogP contribution in [0.3, 0.4) is 0 Å². The number of ketones is 1. The molecule has 29 heavy (non-hydrogen) atoms. The first-order chi connectivity index (χ1) is 14.1. The van der Waals surface area contributed by atoms with Crippen molar-refractivity contribution in [3.63, 3.8) is 0 Å². The van der Waals surface area contributed by atoms with Crippen LogP contribution < -0.4 is 4.74 Å². The maximum atomic E-state index is 12.9. The minimum Gasteiger partial charge on any atom is -0.507 e. The number of nitrogens with zero attached hydrogens (tertiary/aromatic N) is 1. The molecule has 0 aliphatic carbocycles. The molecule has 1 aromatic carbocycles. The van der Waals surface area contributed by atoms with E-state index in [2.05, 4.69) is 0 Å². The number of Topliss-reactive ketones (excluding diaryl/α,β-unsaturated/α-hetero) is 1. The molecule has 148 valence electrons. The number of thiophene rings is 1. The molecule has 1 aliphatic heterocycles. The molecule has 0 spiro atoms. The number of benzene rings is 1. The van der Waals surface area contributed by atoms with Crippen molar-refractivity contribution in [2.45, 2.75) is 19.5 Å². The second kappa shape index (κ2) is 7.97. The van der Waals surface area contributed by atoms with Crippen LogP contribution >= 0.6 is 11.3 Å². The Morgan fingerprint density at radius 1 is 1.17 bits per heavy atom. The standard InChI is InChI=1S/C22H19NO5S/c1-2-27-15-9-7-14(8-10-15)20(24)18-19(17-6-3-11-28-17)23(22(26)21(18)25)13-16-5-4-12-29-16/h3-12,19,24H,2,13H2,1H3/b20-18+. The summed E-state index contributed by atoms with van der Waals surface area (Å²) >= 11 is 1.50. The fraction of sp³-hybridized carbons (Fsp3) is 0.182. The number of rotatable bonds is 6. The van der Waals surface area contributed by atoms with E-state index in [1.807, 2.05) is 24.4 Å². The van der Waals surface area contributed by atoms with E-state index < -0.39 is 17.7 Å². The average molecular weight is 409 g/mol. The van der Waals surface area contributed by atoms with E-state index >= 15 is 0 Å². The number of amides is 1. The van der Waals surface area contributed by atoms with Crippen molar-refractivity contribution in [2.24, 2.45) is 0 Å². The minimum atomic E-state index is -0.793. The van der Waals surface area contributed by atoms with Gasteiger partial charge in [0.25, 0.3) is 11.7 Å². The third-order valence-electron chi connectivity index (χ3n) is 4.70. The Labute approximate surface area is 171 Å². The summed E-state index contributed by atoms with van der Waals surface area (Å²) in [6.45, 7) is 2.66. The van der Waals surface area contributed by atoms with Gasteiger partial charge in [-0.05, 0) is 54.8 Å². The van der Waals surface area contributed by atoms with Gasteiger partial charge in [-0.2, -0.15) is 0 Å². The molecule has 1 aliphatic rings. The number of hydrogen-bond acceptors (Lipinski definition) is 6. The molecule has 6 nitrogen and oxygen atoms in total. The number of aliphatic hydroxyl groups excluding tert-OH is 1. The Hall–Kier alpha value is -3.32. The molecule has 1 saturated heterocycles. The van der Waals surface area contributed by atoms with Crippen molar-refractivity contribution >= 4 is 28.8 Å². The third kappa shape index (κ3) is 3.56. The number of aliphatic hydroxyl groups is 1. The van der Waals surface area contributed by atoms with Gasteiger partial charge in [-0.1, -0.05) is 6.07 Å². The van der Waals surface area contributed by atoms with Crippen LogP contribution in [0, 0.1) is 0 Å². The summed E-state index contributed by atoms with van der Waals surface area (Å²) < 4.78 is 10.9. The second-order valence-electron chi connectivity index (χ2n) is 6.48. The predicted octanol–water partition coefficient (Wildman–Crippen LogP) is 4.36. The molecule has 1 atom stereocenters. The van der Waals surface area contributed by atoms with Gasteiger partial charge in [-0.25, -0.2) is 0 Å². The Morgan fingerprint density at radius 2 is 1.97 bits per heavy atom. The van der Waals surface area contributed by atoms with Gasteiger partial charge in [0, 0.05) is 10.4 Å². The highest BCUT2D eigenvalue weighted by atomic mass is 32.1. The molecule has 3 aromatic rings. The molecule has 0 radical (unpaired) electrons. The predicted molar refractivity (Wildman–Crippen MR) is 108 cm³/mol. The monoisotopic (exact) mass is 409 g/mol. The average Bonchev–Trinajstić information content (AvgIpc) is 3.47. The number of ether oxygens (including phenoxy) is 1. The van der Waals surface area contributed by atoms with Gasteiger partial charge in [0.15, 0.2) is 0 Å². The van der Waals surface area contributed by atoms with Crippen molar-refractivity contribution in [3.8, 4) is 5.75 Å². The van der Waals surface area contributed by atoms with Crippen LogP contribution in [-0.2, 0) is 16.1 Å². The lowest BCUT2D eigenvalue weighted by atomic mass is 9.99. The molecule has 3 heterocycles. The lowest BCUT2D eigenvalue weighted by Gasteiger charge is -2.22. The van der Waals surface area contributed by atoms with Crippen molar-refractivity contribution in [1.82, 2.24) is 4.90 Å². The third-order valence-corrected chi connectivity index (χ3v) is 5.56. The van der Waals surface area contributed by atoms with Gasteiger partial charge in [0.1, 0.15) is 23.3 Å². The molecule has 0 bridgehead atoms. The van der Waals surface area contributed by atoms with E-state index in [4.69, 9.17) is 9.15 Å². The highest BCUT2D eigenvalue weighted by Crippen LogP contribution is 2.40. The Kier molecular flexibility index (Phi) is 5.22. The maximum absolute atomic E-state index is 12.9. The zero-order valence-electron chi connectivity index (χ0n) is 15.7. The Balaban J connectivity index is 1.78. The Morgan fingerprint density at radius 3 is 2.59 bits per heavy atom. The normalized spacial score (nSPS) is 18.4. The van der Waals surface area contributed by atoms with Crippen LogP contribution in [0.15, 0.2) is 70.2 Å². The van der Waals surface area contributed by atoms with Crippen LogP contribution in [0.1, 0.15) is 29.2 Å². The molecule has 0 saturated carbocycles. The van der Waals surface area contributed by atoms with Crippen molar-refractivity contribution in [2.75, 3.05) is 6.61 Å². The van der Waals surface area contributed by atoms with Crippen molar-refractivity contribution in [1.29, 1.82) is 0 Å². The lowest BCUT2D eigenvalue weighted by Crippen LogP contribution is -2.28. The van der Waals surface area contributed by atoms with Gasteiger partial charge in [-0.15, -0.1) is 11.3 Å². The van der Waals surface area contributed by atoms with E-state index in [0.717, 1.165) is 4.88 Å². The van der Waals surface area contributed by atoms with Crippen LogP contribution in [0.25, 0.3) is 5.76 Å². The van der Waals surface area contributed by atoms with Crippen molar-refractivity contribution in [3.05, 3.63) is 81.9 Å². The largest absolute Gasteiger partial charge is 0.507 e. The van der Waals surface area contributed by atoms with Crippen LogP contribution in [0.4, 0.5) is 0 Å². The van der Waals surface area contributed by atoms with E-state index in [9.17, 15) is 14.7 Å². The molecule has 1 N–H and O–H groups in total. The van der Waals surface area contributed by atoms with Crippen LogP contribution in [0.2, 0.25) is 0 Å². The molecule has 1 amide bonds.